The Hall–Kier alpha value is -1.03. The van der Waals surface area contributed by atoms with E-state index in [9.17, 15) is 0 Å². The number of rotatable bonds is 1. The molecule has 0 aromatic heterocycles. The number of fused-ring (bicyclic) bond motifs is 1. The average molecular weight is 173 g/mol. The Bertz CT molecular complexity index is 315. The molecule has 68 valence electrons. The zero-order chi connectivity index (χ0) is 9.47. The summed E-state index contributed by atoms with van der Waals surface area (Å²) >= 11 is 0. The minimum atomic E-state index is 0.476. The van der Waals surface area contributed by atoms with Crippen molar-refractivity contribution in [2.45, 2.75) is 26.7 Å². The molecule has 0 amide bonds. The van der Waals surface area contributed by atoms with Crippen LogP contribution in [0.1, 0.15) is 26.7 Å². The summed E-state index contributed by atoms with van der Waals surface area (Å²) in [6, 6.07) is 2.06. The van der Waals surface area contributed by atoms with E-state index in [4.69, 9.17) is 5.26 Å². The van der Waals surface area contributed by atoms with Gasteiger partial charge < -0.3 is 0 Å². The maximum atomic E-state index is 8.46. The van der Waals surface area contributed by atoms with Gasteiger partial charge in [0.2, 0.25) is 0 Å². The third-order valence-electron chi connectivity index (χ3n) is 3.86. The summed E-state index contributed by atoms with van der Waals surface area (Å²) in [5.41, 5.74) is 1.86. The monoisotopic (exact) mass is 173 g/mol. The van der Waals surface area contributed by atoms with Crippen LogP contribution in [-0.2, 0) is 0 Å². The highest BCUT2D eigenvalue weighted by atomic mass is 14.5. The highest BCUT2D eigenvalue weighted by Gasteiger charge is 2.50. The summed E-state index contributed by atoms with van der Waals surface area (Å²) in [5, 5.41) is 8.46. The Balaban J connectivity index is 2.20. The van der Waals surface area contributed by atoms with Crippen molar-refractivity contribution < 1.29 is 0 Å². The van der Waals surface area contributed by atoms with Crippen LogP contribution in [0.3, 0.4) is 0 Å². The molecular formula is C12H15N. The molecule has 0 radical (unpaired) electrons. The fraction of sp³-hybridized carbons (Fsp3) is 0.583. The minimum absolute atomic E-state index is 0.476. The Morgan fingerprint density at radius 2 is 2.38 bits per heavy atom. The van der Waals surface area contributed by atoms with Crippen LogP contribution in [-0.4, -0.2) is 0 Å². The van der Waals surface area contributed by atoms with Crippen LogP contribution in [0.15, 0.2) is 23.8 Å². The molecule has 13 heavy (non-hydrogen) atoms. The molecule has 2 bridgehead atoms. The lowest BCUT2D eigenvalue weighted by Crippen LogP contribution is -2.47. The molecule has 2 atom stereocenters. The van der Waals surface area contributed by atoms with Gasteiger partial charge in [-0.2, -0.15) is 5.26 Å². The molecular weight excluding hydrogens is 158 g/mol. The molecule has 3 aliphatic carbocycles. The number of hydrogen-bond acceptors (Lipinski definition) is 1. The van der Waals surface area contributed by atoms with Crippen molar-refractivity contribution in [2.24, 2.45) is 17.3 Å². The van der Waals surface area contributed by atoms with Gasteiger partial charge >= 0.3 is 0 Å². The van der Waals surface area contributed by atoms with Crippen molar-refractivity contribution in [2.75, 3.05) is 0 Å². The van der Waals surface area contributed by atoms with Crippen molar-refractivity contribution in [1.82, 2.24) is 0 Å². The van der Waals surface area contributed by atoms with Gasteiger partial charge in [-0.25, -0.2) is 0 Å². The van der Waals surface area contributed by atoms with Crippen LogP contribution in [0.2, 0.25) is 0 Å². The predicted molar refractivity (Wildman–Crippen MR) is 52.8 cm³/mol. The molecule has 0 aliphatic heterocycles. The van der Waals surface area contributed by atoms with Gasteiger partial charge in [0, 0.05) is 6.08 Å². The van der Waals surface area contributed by atoms with Crippen molar-refractivity contribution >= 4 is 0 Å². The van der Waals surface area contributed by atoms with E-state index in [1.807, 2.05) is 6.08 Å². The fourth-order valence-electron chi connectivity index (χ4n) is 2.72. The van der Waals surface area contributed by atoms with Gasteiger partial charge in [0.15, 0.2) is 0 Å². The van der Waals surface area contributed by atoms with Crippen LogP contribution in [0.5, 0.6) is 0 Å². The van der Waals surface area contributed by atoms with E-state index in [0.29, 0.717) is 11.3 Å². The molecule has 2 unspecified atom stereocenters. The Kier molecular flexibility index (Phi) is 1.80. The van der Waals surface area contributed by atoms with Gasteiger partial charge in [0.1, 0.15) is 0 Å². The maximum absolute atomic E-state index is 8.46. The molecule has 1 nitrogen and oxygen atoms in total. The standard InChI is InChI=1S/C12H15N/c1-12(2)10-6-5-9(4-3-7-13)11(12)8-10/h3-5,10-11H,6,8H2,1-2H3. The molecule has 3 aliphatic rings. The van der Waals surface area contributed by atoms with Crippen LogP contribution >= 0.6 is 0 Å². The number of allylic oxidation sites excluding steroid dienone is 4. The van der Waals surface area contributed by atoms with Crippen molar-refractivity contribution in [1.29, 1.82) is 5.26 Å². The zero-order valence-corrected chi connectivity index (χ0v) is 8.25. The molecule has 0 aromatic rings. The summed E-state index contributed by atoms with van der Waals surface area (Å²) in [5.74, 6) is 1.59. The van der Waals surface area contributed by atoms with E-state index < -0.39 is 0 Å². The maximum Gasteiger partial charge on any atom is 0.0912 e. The third-order valence-corrected chi connectivity index (χ3v) is 3.86. The molecule has 0 spiro atoms. The molecule has 3 rings (SSSR count). The van der Waals surface area contributed by atoms with E-state index in [-0.39, 0.29) is 0 Å². The second-order valence-electron chi connectivity index (χ2n) is 4.71. The first-order valence-electron chi connectivity index (χ1n) is 4.92. The Labute approximate surface area is 79.8 Å². The third kappa shape index (κ3) is 1.13. The number of nitrogens with zero attached hydrogens (tertiary/aromatic N) is 1. The van der Waals surface area contributed by atoms with Gasteiger partial charge in [-0.1, -0.05) is 19.9 Å². The lowest BCUT2D eigenvalue weighted by molar-refractivity contribution is -0.00328. The minimum Gasteiger partial charge on any atom is -0.193 e. The molecule has 0 aromatic carbocycles. The molecule has 1 fully saturated rings. The van der Waals surface area contributed by atoms with Crippen molar-refractivity contribution in [3.8, 4) is 6.07 Å². The van der Waals surface area contributed by atoms with Crippen molar-refractivity contribution in [3.63, 3.8) is 0 Å². The van der Waals surface area contributed by atoms with Crippen LogP contribution in [0.25, 0.3) is 0 Å². The zero-order valence-electron chi connectivity index (χ0n) is 8.25. The largest absolute Gasteiger partial charge is 0.193 e. The lowest BCUT2D eigenvalue weighted by Gasteiger charge is -2.56. The summed E-state index contributed by atoms with van der Waals surface area (Å²) in [7, 11) is 0. The van der Waals surface area contributed by atoms with E-state index in [1.165, 1.54) is 18.4 Å². The lowest BCUT2D eigenvalue weighted by atomic mass is 9.49. The van der Waals surface area contributed by atoms with Crippen LogP contribution < -0.4 is 0 Å². The van der Waals surface area contributed by atoms with Crippen LogP contribution in [0.4, 0.5) is 0 Å². The highest BCUT2D eigenvalue weighted by Crippen LogP contribution is 2.59. The Morgan fingerprint density at radius 3 is 2.92 bits per heavy atom. The van der Waals surface area contributed by atoms with Crippen LogP contribution in [0, 0.1) is 28.6 Å². The first kappa shape index (κ1) is 8.56. The van der Waals surface area contributed by atoms with Gasteiger partial charge in [0.25, 0.3) is 0 Å². The number of nitriles is 1. The smallest absolute Gasteiger partial charge is 0.0912 e. The molecule has 0 N–H and O–H groups in total. The molecule has 1 saturated carbocycles. The fourth-order valence-corrected chi connectivity index (χ4v) is 2.72. The average Bonchev–Trinajstić information content (AvgIpc) is 2.14. The van der Waals surface area contributed by atoms with Gasteiger partial charge in [0.05, 0.1) is 6.07 Å². The highest BCUT2D eigenvalue weighted by molar-refractivity contribution is 5.33. The topological polar surface area (TPSA) is 23.8 Å². The Morgan fingerprint density at radius 1 is 1.62 bits per heavy atom. The quantitative estimate of drug-likeness (QED) is 0.559. The predicted octanol–water partition coefficient (Wildman–Crippen LogP) is 3.06. The SMILES string of the molecule is CC1(C)C2CC=C(C=CC#N)C1C2. The molecule has 1 heteroatoms. The van der Waals surface area contributed by atoms with Crippen molar-refractivity contribution in [3.05, 3.63) is 23.8 Å². The molecule has 0 saturated heterocycles. The summed E-state index contributed by atoms with van der Waals surface area (Å²) in [6.07, 6.45) is 8.42. The normalized spacial score (nSPS) is 35.0. The van der Waals surface area contributed by atoms with E-state index in [2.05, 4.69) is 26.0 Å². The van der Waals surface area contributed by atoms with Gasteiger partial charge in [-0.3, -0.25) is 0 Å². The van der Waals surface area contributed by atoms with E-state index >= 15 is 0 Å². The van der Waals surface area contributed by atoms with Gasteiger partial charge in [-0.15, -0.1) is 0 Å². The second-order valence-corrected chi connectivity index (χ2v) is 4.71. The summed E-state index contributed by atoms with van der Waals surface area (Å²) in [4.78, 5) is 0. The van der Waals surface area contributed by atoms with E-state index in [1.54, 1.807) is 6.08 Å². The second kappa shape index (κ2) is 2.73. The molecule has 0 heterocycles. The summed E-state index contributed by atoms with van der Waals surface area (Å²) < 4.78 is 0. The summed E-state index contributed by atoms with van der Waals surface area (Å²) in [6.45, 7) is 4.69. The first-order chi connectivity index (χ1) is 6.16. The van der Waals surface area contributed by atoms with E-state index in [0.717, 1.165) is 5.92 Å². The number of hydrogen-bond donors (Lipinski definition) is 0. The first-order valence-corrected chi connectivity index (χ1v) is 4.92. The van der Waals surface area contributed by atoms with Gasteiger partial charge in [-0.05, 0) is 41.7 Å².